The van der Waals surface area contributed by atoms with Crippen LogP contribution in [-0.2, 0) is 0 Å². The zero-order valence-electron chi connectivity index (χ0n) is 23.8. The first kappa shape index (κ1) is 28.3. The highest BCUT2D eigenvalue weighted by molar-refractivity contribution is 7.24. The third kappa shape index (κ3) is 5.18. The van der Waals surface area contributed by atoms with Crippen LogP contribution in [0, 0.1) is 5.92 Å². The highest BCUT2D eigenvalue weighted by atomic mass is 32.1. The van der Waals surface area contributed by atoms with E-state index in [1.807, 2.05) is 0 Å². The van der Waals surface area contributed by atoms with Crippen LogP contribution in [0.25, 0.3) is 51.4 Å². The molecule has 0 saturated carbocycles. The molecule has 0 N–H and O–H groups in total. The van der Waals surface area contributed by atoms with Crippen molar-refractivity contribution in [2.75, 3.05) is 6.54 Å². The van der Waals surface area contributed by atoms with Crippen LogP contribution in [0.15, 0.2) is 71.4 Å². The number of hydrogen-bond acceptors (Lipinski definition) is 8. The summed E-state index contributed by atoms with van der Waals surface area (Å²) in [4.78, 5) is 45.6. The van der Waals surface area contributed by atoms with Crippen molar-refractivity contribution < 1.29 is 9.59 Å². The molecule has 0 saturated heterocycles. The molecule has 1 aliphatic heterocycles. The van der Waals surface area contributed by atoms with Gasteiger partial charge in [-0.1, -0.05) is 57.4 Å². The maximum atomic E-state index is 13.7. The molecule has 216 valence electrons. The molecule has 6 heterocycles. The summed E-state index contributed by atoms with van der Waals surface area (Å²) in [6.45, 7) is 4.70. The molecule has 5 nitrogen and oxygen atoms in total. The van der Waals surface area contributed by atoms with Crippen LogP contribution in [0.1, 0.15) is 60.5 Å². The summed E-state index contributed by atoms with van der Waals surface area (Å²) < 4.78 is 0. The van der Waals surface area contributed by atoms with Crippen LogP contribution in [-0.4, -0.2) is 33.2 Å². The van der Waals surface area contributed by atoms with E-state index in [0.29, 0.717) is 17.6 Å². The lowest BCUT2D eigenvalue weighted by Gasteiger charge is -2.20. The Kier molecular flexibility index (Phi) is 7.82. The number of carbonyl (C=O) groups is 2. The van der Waals surface area contributed by atoms with E-state index in [0.717, 1.165) is 46.6 Å². The number of carbonyl (C=O) groups excluding carboxylic acids is 2. The second-order valence-corrected chi connectivity index (χ2v) is 14.8. The summed E-state index contributed by atoms with van der Waals surface area (Å²) in [6.07, 6.45) is 4.08. The summed E-state index contributed by atoms with van der Waals surface area (Å²) in [7, 11) is 0. The lowest BCUT2D eigenvalue weighted by molar-refractivity contribution is 0.0620. The Labute approximate surface area is 266 Å². The van der Waals surface area contributed by atoms with Gasteiger partial charge < -0.3 is 0 Å². The third-order valence-corrected chi connectivity index (χ3v) is 12.3. The van der Waals surface area contributed by atoms with Crippen molar-refractivity contribution in [1.29, 1.82) is 0 Å². The first-order chi connectivity index (χ1) is 21.1. The van der Waals surface area contributed by atoms with Crippen molar-refractivity contribution in [2.24, 2.45) is 5.92 Å². The van der Waals surface area contributed by atoms with Crippen LogP contribution in [0.5, 0.6) is 0 Å². The minimum Gasteiger partial charge on any atom is -0.271 e. The first-order valence-corrected chi connectivity index (χ1v) is 17.9. The van der Waals surface area contributed by atoms with Gasteiger partial charge >= 0.3 is 0 Å². The molecular formula is C34H29N3O2S4. The minimum absolute atomic E-state index is 0.168. The Morgan fingerprint density at radius 2 is 1.19 bits per heavy atom. The Hall–Kier alpha value is -3.50. The maximum Gasteiger partial charge on any atom is 0.281 e. The standard InChI is InChI=1S/C34H29N3O2S4/c1-3-5-8-20(4-2)19-37-33(38)31-32(34(37)39)36-30-22(24-14-16-28(43-24)26-10-7-18-41-26)12-11-21(29(30)35-31)23-13-15-27(42-23)25-9-6-17-40-25/h6-7,9-18,20H,3-5,8,19H2,1-2H3. The summed E-state index contributed by atoms with van der Waals surface area (Å²) in [6, 6.07) is 21.0. The molecule has 43 heavy (non-hydrogen) atoms. The van der Waals surface area contributed by atoms with Crippen LogP contribution >= 0.6 is 45.3 Å². The molecule has 0 radical (unpaired) electrons. The maximum absolute atomic E-state index is 13.7. The minimum atomic E-state index is -0.331. The average Bonchev–Trinajstić information content (AvgIpc) is 3.87. The second kappa shape index (κ2) is 11.9. The number of rotatable bonds is 10. The molecule has 0 fully saturated rings. The van der Waals surface area contributed by atoms with E-state index in [4.69, 9.17) is 9.97 Å². The van der Waals surface area contributed by atoms with Gasteiger partial charge in [-0.3, -0.25) is 14.5 Å². The molecule has 6 aromatic rings. The van der Waals surface area contributed by atoms with E-state index in [1.165, 1.54) is 24.4 Å². The molecule has 1 aliphatic rings. The summed E-state index contributed by atoms with van der Waals surface area (Å²) in [5, 5.41) is 4.16. The van der Waals surface area contributed by atoms with E-state index in [9.17, 15) is 9.59 Å². The van der Waals surface area contributed by atoms with Gasteiger partial charge in [0.25, 0.3) is 11.8 Å². The Bertz CT molecular complexity index is 1800. The van der Waals surface area contributed by atoms with Crippen molar-refractivity contribution in [3.8, 4) is 40.4 Å². The fourth-order valence-electron chi connectivity index (χ4n) is 5.59. The van der Waals surface area contributed by atoms with Gasteiger partial charge in [0.15, 0.2) is 11.4 Å². The number of imide groups is 1. The van der Waals surface area contributed by atoms with Crippen molar-refractivity contribution in [3.05, 3.63) is 82.8 Å². The molecule has 2 amide bonds. The third-order valence-electron chi connectivity index (χ3n) is 7.97. The molecule has 5 aromatic heterocycles. The fraction of sp³-hybridized carbons (Fsp3) is 0.235. The van der Waals surface area contributed by atoms with Gasteiger partial charge in [-0.05, 0) is 59.5 Å². The van der Waals surface area contributed by atoms with Crippen molar-refractivity contribution in [3.63, 3.8) is 0 Å². The van der Waals surface area contributed by atoms with Gasteiger partial charge in [0.2, 0.25) is 0 Å². The second-order valence-electron chi connectivity index (χ2n) is 10.7. The van der Waals surface area contributed by atoms with E-state index in [-0.39, 0.29) is 29.1 Å². The number of unbranched alkanes of at least 4 members (excludes halogenated alkanes) is 1. The summed E-state index contributed by atoms with van der Waals surface area (Å²) >= 11 is 6.83. The van der Waals surface area contributed by atoms with Gasteiger partial charge in [-0.25, -0.2) is 9.97 Å². The molecule has 1 unspecified atom stereocenters. The topological polar surface area (TPSA) is 63.2 Å². The Morgan fingerprint density at radius 3 is 1.63 bits per heavy atom. The van der Waals surface area contributed by atoms with E-state index in [1.54, 1.807) is 45.3 Å². The van der Waals surface area contributed by atoms with E-state index in [2.05, 4.69) is 85.3 Å². The largest absolute Gasteiger partial charge is 0.281 e. The molecule has 0 aliphatic carbocycles. The van der Waals surface area contributed by atoms with Crippen molar-refractivity contribution in [1.82, 2.24) is 14.9 Å². The van der Waals surface area contributed by atoms with E-state index < -0.39 is 0 Å². The number of benzene rings is 1. The number of aromatic nitrogens is 2. The predicted octanol–water partition coefficient (Wildman–Crippen LogP) is 10.4. The summed E-state index contributed by atoms with van der Waals surface area (Å²) in [5.41, 5.74) is 3.49. The molecule has 7 rings (SSSR count). The lowest BCUT2D eigenvalue weighted by Crippen LogP contribution is -2.34. The number of amides is 2. The fourth-order valence-corrected chi connectivity index (χ4v) is 9.32. The van der Waals surface area contributed by atoms with Crippen LogP contribution in [0.4, 0.5) is 0 Å². The van der Waals surface area contributed by atoms with Gasteiger partial charge in [0.1, 0.15) is 0 Å². The van der Waals surface area contributed by atoms with Crippen LogP contribution in [0.3, 0.4) is 0 Å². The lowest BCUT2D eigenvalue weighted by atomic mass is 9.99. The molecular weight excluding hydrogens is 611 g/mol. The zero-order valence-corrected chi connectivity index (χ0v) is 27.1. The first-order valence-electron chi connectivity index (χ1n) is 14.5. The van der Waals surface area contributed by atoms with Gasteiger partial charge in [0.05, 0.1) is 11.0 Å². The van der Waals surface area contributed by atoms with Gasteiger partial charge in [-0.2, -0.15) is 0 Å². The quantitative estimate of drug-likeness (QED) is 0.140. The van der Waals surface area contributed by atoms with Crippen molar-refractivity contribution in [2.45, 2.75) is 39.5 Å². The molecule has 0 spiro atoms. The van der Waals surface area contributed by atoms with E-state index >= 15 is 0 Å². The SMILES string of the molecule is CCCCC(CC)CN1C(=O)c2nc3c(-c4ccc(-c5cccs5)s4)ccc(-c4ccc(-c5cccs5)s4)c3nc2C1=O. The molecule has 1 atom stereocenters. The molecule has 9 heteroatoms. The number of fused-ring (bicyclic) bond motifs is 2. The number of thiophene rings is 4. The normalized spacial score (nSPS) is 13.8. The Balaban J connectivity index is 1.36. The smallest absolute Gasteiger partial charge is 0.271 e. The number of nitrogens with zero attached hydrogens (tertiary/aromatic N) is 3. The monoisotopic (exact) mass is 639 g/mol. The zero-order chi connectivity index (χ0) is 29.5. The van der Waals surface area contributed by atoms with Gasteiger partial charge in [-0.15, -0.1) is 45.3 Å². The van der Waals surface area contributed by atoms with Gasteiger partial charge in [0, 0.05) is 46.9 Å². The average molecular weight is 640 g/mol. The number of hydrogen-bond donors (Lipinski definition) is 0. The van der Waals surface area contributed by atoms with Crippen LogP contribution in [0.2, 0.25) is 0 Å². The molecule has 1 aromatic carbocycles. The highest BCUT2D eigenvalue weighted by Gasteiger charge is 2.40. The summed E-state index contributed by atoms with van der Waals surface area (Å²) in [5.74, 6) is -0.393. The van der Waals surface area contributed by atoms with Crippen molar-refractivity contribution >= 4 is 68.2 Å². The highest BCUT2D eigenvalue weighted by Crippen LogP contribution is 2.43. The predicted molar refractivity (Wildman–Crippen MR) is 181 cm³/mol. The molecule has 0 bridgehead atoms. The Morgan fingerprint density at radius 1 is 0.674 bits per heavy atom. The van der Waals surface area contributed by atoms with Crippen LogP contribution < -0.4 is 0 Å².